The maximum atomic E-state index is 11.5. The van der Waals surface area contributed by atoms with Crippen LogP contribution in [0.4, 0.5) is 13.2 Å². The van der Waals surface area contributed by atoms with Crippen molar-refractivity contribution >= 4 is 10.0 Å². The lowest BCUT2D eigenvalue weighted by Gasteiger charge is -2.07. The number of hydrogen-bond acceptors (Lipinski definition) is 3. The van der Waals surface area contributed by atoms with E-state index in [9.17, 15) is 21.6 Å². The first-order chi connectivity index (χ1) is 5.31. The van der Waals surface area contributed by atoms with Gasteiger partial charge in [-0.25, -0.2) is 13.1 Å². The van der Waals surface area contributed by atoms with Crippen molar-refractivity contribution in [2.75, 3.05) is 13.2 Å². The van der Waals surface area contributed by atoms with Gasteiger partial charge >= 0.3 is 15.5 Å². The number of rotatable bonds is 4. The molecule has 0 bridgehead atoms. The molecule has 4 nitrogen and oxygen atoms in total. The zero-order chi connectivity index (χ0) is 9.83. The summed E-state index contributed by atoms with van der Waals surface area (Å²) in [5, 5.41) is 8.15. The highest BCUT2D eigenvalue weighted by molar-refractivity contribution is 7.90. The number of hydrogen-bond donors (Lipinski definition) is 2. The van der Waals surface area contributed by atoms with Gasteiger partial charge in [0, 0.05) is 13.2 Å². The maximum absolute atomic E-state index is 11.5. The molecule has 0 aromatic heterocycles. The van der Waals surface area contributed by atoms with E-state index in [4.69, 9.17) is 5.11 Å². The molecule has 0 aliphatic carbocycles. The highest BCUT2D eigenvalue weighted by atomic mass is 32.2. The Morgan fingerprint density at radius 1 is 1.33 bits per heavy atom. The van der Waals surface area contributed by atoms with Gasteiger partial charge < -0.3 is 5.11 Å². The van der Waals surface area contributed by atoms with Gasteiger partial charge in [-0.15, -0.1) is 0 Å². The summed E-state index contributed by atoms with van der Waals surface area (Å²) >= 11 is 0. The van der Waals surface area contributed by atoms with E-state index in [1.54, 1.807) is 0 Å². The van der Waals surface area contributed by atoms with E-state index in [1.807, 2.05) is 0 Å². The molecule has 0 aliphatic rings. The Morgan fingerprint density at radius 2 is 1.83 bits per heavy atom. The predicted molar refractivity (Wildman–Crippen MR) is 34.7 cm³/mol. The number of nitrogens with one attached hydrogen (secondary N) is 1. The van der Waals surface area contributed by atoms with Crippen molar-refractivity contribution in [2.24, 2.45) is 0 Å². The Kier molecular flexibility index (Phi) is 3.94. The Labute approximate surface area is 67.4 Å². The quantitative estimate of drug-likeness (QED) is 0.628. The summed E-state index contributed by atoms with van der Waals surface area (Å²) in [7, 11) is -5.23. The van der Waals surface area contributed by atoms with Crippen LogP contribution >= 0.6 is 0 Å². The molecule has 8 heteroatoms. The van der Waals surface area contributed by atoms with Crippen LogP contribution in [0.5, 0.6) is 0 Å². The second kappa shape index (κ2) is 4.06. The molecule has 0 saturated carbocycles. The molecule has 0 heterocycles. The van der Waals surface area contributed by atoms with Crippen LogP contribution in [-0.2, 0) is 10.0 Å². The summed E-state index contributed by atoms with van der Waals surface area (Å²) in [6, 6.07) is 0. The molecule has 74 valence electrons. The molecule has 12 heavy (non-hydrogen) atoms. The van der Waals surface area contributed by atoms with Gasteiger partial charge in [0.2, 0.25) is 0 Å². The number of sulfonamides is 1. The largest absolute Gasteiger partial charge is 0.511 e. The standard InChI is InChI=1S/C4H8F3NO3S/c5-4(6,7)12(10,11)8-2-1-3-9/h8-9H,1-3H2. The highest BCUT2D eigenvalue weighted by Crippen LogP contribution is 2.21. The predicted octanol–water partition coefficient (Wildman–Crippen LogP) is -0.192. The number of aliphatic hydroxyl groups excluding tert-OH is 1. The Morgan fingerprint density at radius 3 is 2.17 bits per heavy atom. The summed E-state index contributed by atoms with van der Waals surface area (Å²) in [6.45, 7) is -0.779. The van der Waals surface area contributed by atoms with Crippen molar-refractivity contribution in [1.82, 2.24) is 4.72 Å². The fourth-order valence-electron chi connectivity index (χ4n) is 0.367. The molecular weight excluding hydrogens is 199 g/mol. The van der Waals surface area contributed by atoms with E-state index < -0.39 is 22.1 Å². The van der Waals surface area contributed by atoms with Gasteiger partial charge in [0.1, 0.15) is 0 Å². The van der Waals surface area contributed by atoms with Crippen molar-refractivity contribution in [2.45, 2.75) is 11.9 Å². The van der Waals surface area contributed by atoms with Crippen LogP contribution in [0.1, 0.15) is 6.42 Å². The minimum absolute atomic E-state index is 0.0463. The molecule has 0 rings (SSSR count). The fraction of sp³-hybridized carbons (Fsp3) is 1.00. The van der Waals surface area contributed by atoms with E-state index in [0.717, 1.165) is 0 Å². The molecule has 0 aromatic carbocycles. The SMILES string of the molecule is O=S(=O)(NCCCO)C(F)(F)F. The Balaban J connectivity index is 4.08. The van der Waals surface area contributed by atoms with E-state index >= 15 is 0 Å². The van der Waals surface area contributed by atoms with E-state index in [1.165, 1.54) is 4.72 Å². The third kappa shape index (κ3) is 3.37. The fourth-order valence-corrected chi connectivity index (χ4v) is 0.944. The van der Waals surface area contributed by atoms with Gasteiger partial charge in [0.15, 0.2) is 0 Å². The van der Waals surface area contributed by atoms with Crippen LogP contribution in [0.2, 0.25) is 0 Å². The van der Waals surface area contributed by atoms with Crippen LogP contribution < -0.4 is 4.72 Å². The second-order valence-corrected chi connectivity index (χ2v) is 3.68. The molecule has 0 spiro atoms. The van der Waals surface area contributed by atoms with Gasteiger partial charge in [-0.3, -0.25) is 0 Å². The molecule has 0 amide bonds. The second-order valence-electron chi connectivity index (χ2n) is 1.92. The molecule has 2 N–H and O–H groups in total. The summed E-state index contributed by atoms with van der Waals surface area (Å²) in [5.74, 6) is 0. The first kappa shape index (κ1) is 11.7. The van der Waals surface area contributed by atoms with E-state index in [0.29, 0.717) is 0 Å². The van der Waals surface area contributed by atoms with Crippen LogP contribution in [0.15, 0.2) is 0 Å². The van der Waals surface area contributed by atoms with Gasteiger partial charge in [0.05, 0.1) is 0 Å². The number of halogens is 3. The van der Waals surface area contributed by atoms with Crippen LogP contribution in [0.3, 0.4) is 0 Å². The Hall–Kier alpha value is -0.340. The van der Waals surface area contributed by atoms with Gasteiger partial charge in [-0.2, -0.15) is 13.2 Å². The molecule has 0 saturated heterocycles. The van der Waals surface area contributed by atoms with E-state index in [-0.39, 0.29) is 13.0 Å². The monoisotopic (exact) mass is 207 g/mol. The van der Waals surface area contributed by atoms with Crippen molar-refractivity contribution in [3.8, 4) is 0 Å². The minimum Gasteiger partial charge on any atom is -0.396 e. The van der Waals surface area contributed by atoms with Crippen LogP contribution in [0, 0.1) is 0 Å². The lowest BCUT2D eigenvalue weighted by atomic mass is 10.5. The Bertz CT molecular complexity index is 222. The van der Waals surface area contributed by atoms with E-state index in [2.05, 4.69) is 0 Å². The van der Waals surface area contributed by atoms with Crippen molar-refractivity contribution in [1.29, 1.82) is 0 Å². The zero-order valence-electron chi connectivity index (χ0n) is 5.93. The van der Waals surface area contributed by atoms with Gasteiger partial charge in [-0.05, 0) is 6.42 Å². The first-order valence-electron chi connectivity index (χ1n) is 2.98. The average Bonchev–Trinajstić information content (AvgIpc) is 1.85. The van der Waals surface area contributed by atoms with Crippen LogP contribution in [-0.4, -0.2) is 32.2 Å². The smallest absolute Gasteiger partial charge is 0.396 e. The van der Waals surface area contributed by atoms with Crippen molar-refractivity contribution in [3.05, 3.63) is 0 Å². The first-order valence-corrected chi connectivity index (χ1v) is 4.46. The normalized spacial score (nSPS) is 13.3. The third-order valence-electron chi connectivity index (χ3n) is 0.932. The van der Waals surface area contributed by atoms with Gasteiger partial charge in [0.25, 0.3) is 0 Å². The highest BCUT2D eigenvalue weighted by Gasteiger charge is 2.45. The third-order valence-corrected chi connectivity index (χ3v) is 2.13. The molecule has 0 aromatic rings. The summed E-state index contributed by atoms with van der Waals surface area (Å²) in [5.41, 5.74) is -5.28. The van der Waals surface area contributed by atoms with Crippen molar-refractivity contribution in [3.63, 3.8) is 0 Å². The molecular formula is C4H8F3NO3S. The topological polar surface area (TPSA) is 66.4 Å². The maximum Gasteiger partial charge on any atom is 0.511 e. The van der Waals surface area contributed by atoms with Crippen molar-refractivity contribution < 1.29 is 26.7 Å². The molecule has 0 atom stereocenters. The summed E-state index contributed by atoms with van der Waals surface area (Å²) < 4.78 is 56.3. The molecule has 0 radical (unpaired) electrons. The average molecular weight is 207 g/mol. The van der Waals surface area contributed by atoms with Gasteiger partial charge in [-0.1, -0.05) is 0 Å². The number of aliphatic hydroxyl groups is 1. The zero-order valence-corrected chi connectivity index (χ0v) is 6.74. The molecule has 0 fully saturated rings. The summed E-state index contributed by atoms with van der Waals surface area (Å²) in [6.07, 6.45) is -0.0463. The lowest BCUT2D eigenvalue weighted by Crippen LogP contribution is -2.37. The lowest BCUT2D eigenvalue weighted by molar-refractivity contribution is -0.0447. The summed E-state index contributed by atoms with van der Waals surface area (Å²) in [4.78, 5) is 0. The molecule has 0 unspecified atom stereocenters. The van der Waals surface area contributed by atoms with Crippen LogP contribution in [0.25, 0.3) is 0 Å². The number of alkyl halides is 3. The minimum atomic E-state index is -5.28. The molecule has 0 aliphatic heterocycles.